The summed E-state index contributed by atoms with van der Waals surface area (Å²) in [6.07, 6.45) is 1.70. The Bertz CT molecular complexity index is 900. The summed E-state index contributed by atoms with van der Waals surface area (Å²) in [5.74, 6) is -1.91. The first-order valence-electron chi connectivity index (χ1n) is 10.8. The molecule has 4 N–H and O–H groups in total. The van der Waals surface area contributed by atoms with E-state index in [9.17, 15) is 24.4 Å². The highest BCUT2D eigenvalue weighted by atomic mass is 31.2. The van der Waals surface area contributed by atoms with Gasteiger partial charge in [-0.25, -0.2) is 8.96 Å². The molecule has 0 aliphatic heterocycles. The number of phosphoric acid groups is 1. The van der Waals surface area contributed by atoms with Crippen LogP contribution in [0.5, 0.6) is 0 Å². The van der Waals surface area contributed by atoms with E-state index in [0.717, 1.165) is 5.57 Å². The lowest BCUT2D eigenvalue weighted by molar-refractivity contribution is -0.226. The smallest absolute Gasteiger partial charge is 0.390 e. The number of carbonyl (C=O) groups excluding carboxylic acids is 2. The van der Waals surface area contributed by atoms with Crippen molar-refractivity contribution in [3.05, 3.63) is 11.6 Å². The molecule has 0 unspecified atom stereocenters. The number of hydrogen-bond acceptors (Lipinski definition) is 6. The van der Waals surface area contributed by atoms with Crippen molar-refractivity contribution in [2.75, 3.05) is 6.61 Å². The largest absolute Gasteiger partial charge is 0.470 e. The molecular weight excluding hydrogens is 430 g/mol. The lowest BCUT2D eigenvalue weighted by atomic mass is 9.44. The van der Waals surface area contributed by atoms with E-state index in [1.54, 1.807) is 13.8 Å². The molecule has 3 fully saturated rings. The fraction of sp³-hybridized carbons (Fsp3) is 0.810. The summed E-state index contributed by atoms with van der Waals surface area (Å²) in [5, 5.41) is 22.5. The van der Waals surface area contributed by atoms with Crippen molar-refractivity contribution in [1.82, 2.24) is 0 Å². The van der Waals surface area contributed by atoms with Crippen molar-refractivity contribution in [1.29, 1.82) is 0 Å². The number of aliphatic hydroxyl groups excluding tert-OH is 1. The van der Waals surface area contributed by atoms with Crippen LogP contribution in [-0.2, 0) is 18.7 Å². The summed E-state index contributed by atoms with van der Waals surface area (Å²) in [7, 11) is -4.90. The molecule has 4 aliphatic rings. The third-order valence-corrected chi connectivity index (χ3v) is 9.48. The second-order valence-electron chi connectivity index (χ2n) is 10.2. The molecule has 8 nitrogen and oxygen atoms in total. The van der Waals surface area contributed by atoms with Gasteiger partial charge in [0.2, 0.25) is 0 Å². The highest BCUT2D eigenvalue weighted by molar-refractivity contribution is 7.46. The third kappa shape index (κ3) is 3.08. The second-order valence-corrected chi connectivity index (χ2v) is 11.5. The molecule has 0 aromatic heterocycles. The van der Waals surface area contributed by atoms with E-state index in [0.29, 0.717) is 25.7 Å². The van der Waals surface area contributed by atoms with Crippen molar-refractivity contribution in [2.24, 2.45) is 22.7 Å². The molecule has 4 aliphatic carbocycles. The summed E-state index contributed by atoms with van der Waals surface area (Å²) in [5.41, 5.74) is -5.39. The first kappa shape index (κ1) is 23.2. The lowest BCUT2D eigenvalue weighted by Gasteiger charge is -2.63. The van der Waals surface area contributed by atoms with E-state index in [1.165, 1.54) is 6.08 Å². The number of aliphatic hydroxyl groups is 2. The molecule has 0 heterocycles. The number of hydrogen-bond donors (Lipinski definition) is 4. The van der Waals surface area contributed by atoms with E-state index < -0.39 is 60.3 Å². The average molecular weight is 460 g/mol. The van der Waals surface area contributed by atoms with Gasteiger partial charge in [-0.2, -0.15) is 0 Å². The molecule has 0 aromatic rings. The zero-order valence-electron chi connectivity index (χ0n) is 17.7. The molecule has 0 radical (unpaired) electrons. The van der Waals surface area contributed by atoms with Gasteiger partial charge in [0.15, 0.2) is 11.6 Å². The highest BCUT2D eigenvalue weighted by Gasteiger charge is 2.74. The minimum atomic E-state index is -4.90. The van der Waals surface area contributed by atoms with Crippen molar-refractivity contribution >= 4 is 19.4 Å². The van der Waals surface area contributed by atoms with Crippen LogP contribution in [0.15, 0.2) is 11.6 Å². The van der Waals surface area contributed by atoms with E-state index in [2.05, 4.69) is 4.52 Å². The summed E-state index contributed by atoms with van der Waals surface area (Å²) < 4.78 is 32.3. The SMILES string of the molecule is C[C@]12CCC(=O)C=C1CC[C@H]1[C@@H]3CC[C@](O)(C(=O)COP(=O)(O)O)[C@@]3(C)C[C@H](O)[C@@]12F. The average Bonchev–Trinajstić information content (AvgIpc) is 2.93. The Morgan fingerprint density at radius 1 is 1.23 bits per heavy atom. The zero-order chi connectivity index (χ0) is 23.0. The van der Waals surface area contributed by atoms with Crippen LogP contribution in [0.4, 0.5) is 4.39 Å². The third-order valence-electron chi connectivity index (χ3n) is 9.02. The number of ketones is 2. The Labute approximate surface area is 180 Å². The van der Waals surface area contributed by atoms with Gasteiger partial charge in [0.1, 0.15) is 17.9 Å². The minimum Gasteiger partial charge on any atom is -0.390 e. The van der Waals surface area contributed by atoms with Gasteiger partial charge in [-0.3, -0.25) is 14.1 Å². The van der Waals surface area contributed by atoms with Gasteiger partial charge in [-0.15, -0.1) is 0 Å². The molecule has 0 amide bonds. The van der Waals surface area contributed by atoms with Crippen molar-refractivity contribution in [3.8, 4) is 0 Å². The lowest BCUT2D eigenvalue weighted by Crippen LogP contribution is -2.69. The van der Waals surface area contributed by atoms with E-state index >= 15 is 4.39 Å². The molecule has 0 bridgehead atoms. The first-order chi connectivity index (χ1) is 14.2. The molecule has 10 heteroatoms. The number of fused-ring (bicyclic) bond motifs is 5. The topological polar surface area (TPSA) is 141 Å². The van der Waals surface area contributed by atoms with Crippen LogP contribution < -0.4 is 0 Å². The normalized spacial score (nSPS) is 47.3. The predicted molar refractivity (Wildman–Crippen MR) is 106 cm³/mol. The monoisotopic (exact) mass is 460 g/mol. The van der Waals surface area contributed by atoms with Crippen LogP contribution in [0.2, 0.25) is 0 Å². The zero-order valence-corrected chi connectivity index (χ0v) is 18.6. The summed E-state index contributed by atoms with van der Waals surface area (Å²) in [6.45, 7) is 2.46. The Morgan fingerprint density at radius 3 is 2.55 bits per heavy atom. The van der Waals surface area contributed by atoms with Gasteiger partial charge in [-0.1, -0.05) is 19.4 Å². The van der Waals surface area contributed by atoms with Crippen LogP contribution >= 0.6 is 7.82 Å². The number of Topliss-reactive ketones (excluding diaryl/α,β-unsaturated/α-hetero) is 1. The van der Waals surface area contributed by atoms with Crippen LogP contribution in [0.1, 0.15) is 58.8 Å². The van der Waals surface area contributed by atoms with Crippen LogP contribution in [0, 0.1) is 22.7 Å². The Kier molecular flexibility index (Phi) is 5.25. The van der Waals surface area contributed by atoms with Crippen LogP contribution in [-0.4, -0.2) is 55.5 Å². The fourth-order valence-corrected chi connectivity index (χ4v) is 7.58. The van der Waals surface area contributed by atoms with Gasteiger partial charge < -0.3 is 20.0 Å². The van der Waals surface area contributed by atoms with Gasteiger partial charge in [-0.05, 0) is 50.5 Å². The number of carbonyl (C=O) groups is 2. The number of halogens is 1. The Hall–Kier alpha value is -0.960. The molecule has 31 heavy (non-hydrogen) atoms. The number of allylic oxidation sites excluding steroid dienone is 1. The molecule has 7 atom stereocenters. The highest BCUT2D eigenvalue weighted by Crippen LogP contribution is 2.70. The van der Waals surface area contributed by atoms with Crippen molar-refractivity contribution in [3.63, 3.8) is 0 Å². The molecule has 0 saturated heterocycles. The van der Waals surface area contributed by atoms with E-state index in [-0.39, 0.29) is 25.0 Å². The number of alkyl halides is 1. The Morgan fingerprint density at radius 2 is 1.90 bits per heavy atom. The second kappa shape index (κ2) is 7.02. The Balaban J connectivity index is 1.69. The summed E-state index contributed by atoms with van der Waals surface area (Å²) >= 11 is 0. The maximum Gasteiger partial charge on any atom is 0.470 e. The predicted octanol–water partition coefficient (Wildman–Crippen LogP) is 1.99. The fourth-order valence-electron chi connectivity index (χ4n) is 7.30. The molecule has 4 rings (SSSR count). The maximum absolute atomic E-state index is 16.9. The summed E-state index contributed by atoms with van der Waals surface area (Å²) in [4.78, 5) is 42.6. The van der Waals surface area contributed by atoms with Gasteiger partial charge in [0.25, 0.3) is 0 Å². The molecule has 0 spiro atoms. The van der Waals surface area contributed by atoms with Crippen molar-refractivity contribution < 1.29 is 43.1 Å². The maximum atomic E-state index is 16.9. The van der Waals surface area contributed by atoms with Gasteiger partial charge >= 0.3 is 7.82 Å². The van der Waals surface area contributed by atoms with Crippen molar-refractivity contribution in [2.45, 2.75) is 76.2 Å². The molecule has 3 saturated carbocycles. The molecule has 0 aromatic carbocycles. The first-order valence-corrected chi connectivity index (χ1v) is 12.3. The van der Waals surface area contributed by atoms with E-state index in [1.807, 2.05) is 0 Å². The number of rotatable bonds is 4. The molecular formula is C21H30FO8P. The van der Waals surface area contributed by atoms with Gasteiger partial charge in [0, 0.05) is 23.2 Å². The summed E-state index contributed by atoms with van der Waals surface area (Å²) in [6, 6.07) is 0. The minimum absolute atomic E-state index is 0.00865. The van der Waals surface area contributed by atoms with E-state index in [4.69, 9.17) is 9.79 Å². The molecule has 174 valence electrons. The van der Waals surface area contributed by atoms with Crippen LogP contribution in [0.3, 0.4) is 0 Å². The quantitative estimate of drug-likeness (QED) is 0.467. The number of phosphoric ester groups is 1. The standard InChI is InChI=1S/C21H30FO8P/c1-18-7-5-13(23)9-12(18)3-4-15-14-6-8-20(26,17(25)11-30-31(27,28)29)19(14,2)10-16(24)21(15,18)22/h9,14-16,24,26H,3-8,10-11H2,1-2H3,(H2,27,28,29)/t14-,15-,16-,18-,19-,20-,21-/m0/s1. The van der Waals surface area contributed by atoms with Crippen LogP contribution in [0.25, 0.3) is 0 Å². The van der Waals surface area contributed by atoms with Gasteiger partial charge in [0.05, 0.1) is 6.10 Å².